The van der Waals surface area contributed by atoms with E-state index in [1.807, 2.05) is 6.07 Å². The topological polar surface area (TPSA) is 54.0 Å². The van der Waals surface area contributed by atoms with Crippen LogP contribution in [0.25, 0.3) is 0 Å². The molecule has 0 bridgehead atoms. The molecule has 2 aliphatic rings. The van der Waals surface area contributed by atoms with Gasteiger partial charge < -0.3 is 19.9 Å². The van der Waals surface area contributed by atoms with Gasteiger partial charge in [-0.15, -0.1) is 0 Å². The summed E-state index contributed by atoms with van der Waals surface area (Å²) >= 11 is 0. The van der Waals surface area contributed by atoms with Gasteiger partial charge in [0.05, 0.1) is 19.8 Å². The van der Waals surface area contributed by atoms with E-state index in [0.717, 1.165) is 37.5 Å². The Hall–Kier alpha value is -1.46. The lowest BCUT2D eigenvalue weighted by molar-refractivity contribution is 0.0799. The second kappa shape index (κ2) is 6.75. The summed E-state index contributed by atoms with van der Waals surface area (Å²) in [5, 5.41) is 14.0. The summed E-state index contributed by atoms with van der Waals surface area (Å²) in [5.74, 6) is 2.25. The molecule has 22 heavy (non-hydrogen) atoms. The van der Waals surface area contributed by atoms with E-state index >= 15 is 0 Å². The number of phenols is 1. The number of nitrogens with one attached hydrogen (secondary N) is 1. The molecule has 1 saturated carbocycles. The molecule has 1 aliphatic carbocycles. The van der Waals surface area contributed by atoms with Crippen LogP contribution in [0.5, 0.6) is 17.2 Å². The average molecular weight is 306 g/mol. The number of methoxy groups -OCH3 is 2. The second-order valence-electron chi connectivity index (χ2n) is 6.18. The quantitative estimate of drug-likeness (QED) is 0.873. The normalized spacial score (nSPS) is 21.2. The van der Waals surface area contributed by atoms with Crippen molar-refractivity contribution in [1.29, 1.82) is 0 Å². The van der Waals surface area contributed by atoms with E-state index < -0.39 is 0 Å². The third-order valence-corrected chi connectivity index (χ3v) is 4.99. The molecule has 1 aromatic rings. The van der Waals surface area contributed by atoms with Gasteiger partial charge in [0.25, 0.3) is 0 Å². The van der Waals surface area contributed by atoms with Crippen LogP contribution in [0.1, 0.15) is 30.9 Å². The Kier molecular flexibility index (Phi) is 4.74. The highest BCUT2D eigenvalue weighted by Gasteiger charge is 2.37. The first-order valence-corrected chi connectivity index (χ1v) is 8.14. The summed E-state index contributed by atoms with van der Waals surface area (Å²) in [6, 6.07) is 3.81. The summed E-state index contributed by atoms with van der Waals surface area (Å²) in [5.41, 5.74) is 0.926. The molecule has 0 unspecified atom stereocenters. The highest BCUT2D eigenvalue weighted by atomic mass is 16.5. The third-order valence-electron chi connectivity index (χ3n) is 4.99. The molecule has 1 aromatic carbocycles. The Bertz CT molecular complexity index is 511. The van der Waals surface area contributed by atoms with Gasteiger partial charge in [-0.3, -0.25) is 4.90 Å². The van der Waals surface area contributed by atoms with Gasteiger partial charge in [-0.2, -0.15) is 0 Å². The maximum Gasteiger partial charge on any atom is 0.131 e. The van der Waals surface area contributed by atoms with Crippen molar-refractivity contribution >= 4 is 0 Å². The van der Waals surface area contributed by atoms with E-state index in [2.05, 4.69) is 10.2 Å². The van der Waals surface area contributed by atoms with Gasteiger partial charge in [0.15, 0.2) is 0 Å². The van der Waals surface area contributed by atoms with Crippen LogP contribution in [0.4, 0.5) is 0 Å². The molecule has 2 N–H and O–H groups in total. The largest absolute Gasteiger partial charge is 0.507 e. The van der Waals surface area contributed by atoms with Crippen LogP contribution in [0.15, 0.2) is 12.1 Å². The first-order valence-electron chi connectivity index (χ1n) is 8.14. The minimum absolute atomic E-state index is 0.233. The summed E-state index contributed by atoms with van der Waals surface area (Å²) in [4.78, 5) is 2.49. The van der Waals surface area contributed by atoms with Gasteiger partial charge in [0.1, 0.15) is 17.2 Å². The van der Waals surface area contributed by atoms with Crippen LogP contribution < -0.4 is 14.8 Å². The van der Waals surface area contributed by atoms with Crippen LogP contribution in [0.3, 0.4) is 0 Å². The van der Waals surface area contributed by atoms with Gasteiger partial charge in [-0.25, -0.2) is 0 Å². The van der Waals surface area contributed by atoms with Crippen LogP contribution in [-0.2, 0) is 0 Å². The van der Waals surface area contributed by atoms with Crippen LogP contribution in [-0.4, -0.2) is 50.4 Å². The number of ether oxygens (including phenoxy) is 2. The van der Waals surface area contributed by atoms with Gasteiger partial charge in [-0.1, -0.05) is 6.42 Å². The van der Waals surface area contributed by atoms with Gasteiger partial charge in [0.2, 0.25) is 0 Å². The highest BCUT2D eigenvalue weighted by Crippen LogP contribution is 2.48. The minimum atomic E-state index is 0.233. The molecule has 1 atom stereocenters. The number of hydrogen-bond acceptors (Lipinski definition) is 5. The molecule has 1 heterocycles. The Labute approximate surface area is 132 Å². The smallest absolute Gasteiger partial charge is 0.131 e. The molecule has 0 radical (unpaired) electrons. The molecule has 1 saturated heterocycles. The lowest BCUT2D eigenvalue weighted by Crippen LogP contribution is -2.47. The number of rotatable bonds is 5. The van der Waals surface area contributed by atoms with Crippen LogP contribution in [0.2, 0.25) is 0 Å². The fourth-order valence-electron chi connectivity index (χ4n) is 3.60. The summed E-state index contributed by atoms with van der Waals surface area (Å²) < 4.78 is 10.8. The first kappa shape index (κ1) is 15.4. The molecule has 5 heteroatoms. The predicted octanol–water partition coefficient (Wildman–Crippen LogP) is 2.16. The predicted molar refractivity (Wildman–Crippen MR) is 85.7 cm³/mol. The Morgan fingerprint density at radius 3 is 2.45 bits per heavy atom. The third kappa shape index (κ3) is 2.88. The molecule has 2 fully saturated rings. The standard InChI is InChI=1S/C17H26N2O3/c1-21-13-10-14(20)16(15(11-13)22-2)17(12-4-3-5-12)19-8-6-18-7-9-19/h10-12,17-18,20H,3-9H2,1-2H3/t17-/m1/s1. The minimum Gasteiger partial charge on any atom is -0.507 e. The zero-order valence-corrected chi connectivity index (χ0v) is 13.5. The fraction of sp³-hybridized carbons (Fsp3) is 0.647. The monoisotopic (exact) mass is 306 g/mol. The van der Waals surface area contributed by atoms with Gasteiger partial charge in [-0.05, 0) is 18.8 Å². The van der Waals surface area contributed by atoms with Gasteiger partial charge >= 0.3 is 0 Å². The Morgan fingerprint density at radius 2 is 1.91 bits per heavy atom. The zero-order valence-electron chi connectivity index (χ0n) is 13.5. The van der Waals surface area contributed by atoms with E-state index in [1.165, 1.54) is 19.3 Å². The fourth-order valence-corrected chi connectivity index (χ4v) is 3.60. The highest BCUT2D eigenvalue weighted by molar-refractivity contribution is 5.52. The SMILES string of the molecule is COc1cc(O)c([C@@H](C2CCC2)N2CCNCC2)c(OC)c1. The van der Waals surface area contributed by atoms with Crippen molar-refractivity contribution in [3.8, 4) is 17.2 Å². The van der Waals surface area contributed by atoms with E-state index in [0.29, 0.717) is 11.7 Å². The summed E-state index contributed by atoms with van der Waals surface area (Å²) in [7, 11) is 3.26. The maximum absolute atomic E-state index is 10.6. The van der Waals surface area contributed by atoms with E-state index in [-0.39, 0.29) is 11.8 Å². The van der Waals surface area contributed by atoms with E-state index in [4.69, 9.17) is 9.47 Å². The van der Waals surface area contributed by atoms with Crippen molar-refractivity contribution in [3.63, 3.8) is 0 Å². The average Bonchev–Trinajstić information content (AvgIpc) is 2.51. The van der Waals surface area contributed by atoms with Crippen molar-refractivity contribution < 1.29 is 14.6 Å². The molecule has 5 nitrogen and oxygen atoms in total. The molecular weight excluding hydrogens is 280 g/mol. The van der Waals surface area contributed by atoms with E-state index in [9.17, 15) is 5.11 Å². The van der Waals surface area contributed by atoms with Crippen LogP contribution in [0, 0.1) is 5.92 Å². The van der Waals surface area contributed by atoms with Crippen molar-refractivity contribution in [3.05, 3.63) is 17.7 Å². The Morgan fingerprint density at radius 1 is 1.18 bits per heavy atom. The van der Waals surface area contributed by atoms with E-state index in [1.54, 1.807) is 20.3 Å². The molecule has 0 aromatic heterocycles. The lowest BCUT2D eigenvalue weighted by Gasteiger charge is -2.43. The zero-order chi connectivity index (χ0) is 15.5. The molecular formula is C17H26N2O3. The first-order chi connectivity index (χ1) is 10.7. The van der Waals surface area contributed by atoms with Gasteiger partial charge in [0, 0.05) is 44.4 Å². The number of nitrogens with zero attached hydrogens (tertiary/aromatic N) is 1. The van der Waals surface area contributed by atoms with Crippen molar-refractivity contribution in [1.82, 2.24) is 10.2 Å². The van der Waals surface area contributed by atoms with Crippen molar-refractivity contribution in [2.24, 2.45) is 5.92 Å². The molecule has 1 aliphatic heterocycles. The number of piperazine rings is 1. The molecule has 0 amide bonds. The molecule has 3 rings (SSSR count). The second-order valence-corrected chi connectivity index (χ2v) is 6.18. The number of phenolic OH excluding ortho intramolecular Hbond substituents is 1. The molecule has 122 valence electrons. The molecule has 0 spiro atoms. The summed E-state index contributed by atoms with van der Waals surface area (Å²) in [6.07, 6.45) is 3.74. The lowest BCUT2D eigenvalue weighted by atomic mass is 9.75. The number of aromatic hydroxyl groups is 1. The van der Waals surface area contributed by atoms with Crippen molar-refractivity contribution in [2.45, 2.75) is 25.3 Å². The maximum atomic E-state index is 10.6. The number of hydrogen-bond donors (Lipinski definition) is 2. The Balaban J connectivity index is 1.99. The number of benzene rings is 1. The van der Waals surface area contributed by atoms with Crippen molar-refractivity contribution in [2.75, 3.05) is 40.4 Å². The summed E-state index contributed by atoms with van der Waals surface area (Å²) in [6.45, 7) is 4.02. The van der Waals surface area contributed by atoms with Crippen LogP contribution >= 0.6 is 0 Å².